The summed E-state index contributed by atoms with van der Waals surface area (Å²) in [7, 11) is 2.14. The molecule has 1 heterocycles. The largest absolute Gasteiger partial charge is 0.369 e. The molecule has 1 amide bonds. The number of nitrogens with zero attached hydrogens (tertiary/aromatic N) is 2. The molecule has 1 saturated heterocycles. The topological polar surface area (TPSA) is 35.6 Å². The molecule has 0 saturated carbocycles. The van der Waals surface area contributed by atoms with E-state index in [1.165, 1.54) is 17.8 Å². The van der Waals surface area contributed by atoms with Crippen molar-refractivity contribution in [1.82, 2.24) is 4.90 Å². The van der Waals surface area contributed by atoms with Crippen LogP contribution in [0.5, 0.6) is 0 Å². The summed E-state index contributed by atoms with van der Waals surface area (Å²) in [4.78, 5) is 16.9. The molecule has 0 bridgehead atoms. The van der Waals surface area contributed by atoms with Gasteiger partial charge in [-0.25, -0.2) is 4.39 Å². The van der Waals surface area contributed by atoms with E-state index < -0.39 is 0 Å². The van der Waals surface area contributed by atoms with Crippen LogP contribution in [0.25, 0.3) is 0 Å². The summed E-state index contributed by atoms with van der Waals surface area (Å²) >= 11 is 0. The molecule has 132 valence electrons. The van der Waals surface area contributed by atoms with Gasteiger partial charge >= 0.3 is 0 Å². The van der Waals surface area contributed by atoms with Gasteiger partial charge in [-0.2, -0.15) is 0 Å². The molecule has 1 aliphatic rings. The Morgan fingerprint density at radius 3 is 2.40 bits per heavy atom. The van der Waals surface area contributed by atoms with Gasteiger partial charge < -0.3 is 15.1 Å². The highest BCUT2D eigenvalue weighted by atomic mass is 19.1. The van der Waals surface area contributed by atoms with Crippen LogP contribution >= 0.6 is 0 Å². The number of benzene rings is 2. The molecule has 1 fully saturated rings. The zero-order valence-corrected chi connectivity index (χ0v) is 14.8. The molecule has 0 spiro atoms. The number of rotatable bonds is 4. The van der Waals surface area contributed by atoms with Crippen LogP contribution in [-0.2, 0) is 11.2 Å². The number of aryl methyl sites for hydroxylation is 1. The summed E-state index contributed by atoms with van der Waals surface area (Å²) < 4.78 is 12.9. The second kappa shape index (κ2) is 7.66. The van der Waals surface area contributed by atoms with E-state index >= 15 is 0 Å². The van der Waals surface area contributed by atoms with Crippen molar-refractivity contribution >= 4 is 17.3 Å². The SMILES string of the molecule is Cc1cc(NC(=O)Cc2ccc(F)cc2)ccc1N1CCN(C)CC1. The fraction of sp³-hybridized carbons (Fsp3) is 0.350. The van der Waals surface area contributed by atoms with E-state index in [0.29, 0.717) is 0 Å². The van der Waals surface area contributed by atoms with Crippen LogP contribution in [0, 0.1) is 12.7 Å². The summed E-state index contributed by atoms with van der Waals surface area (Å²) in [5.41, 5.74) is 3.97. The molecular weight excluding hydrogens is 317 g/mol. The van der Waals surface area contributed by atoms with E-state index in [2.05, 4.69) is 35.2 Å². The highest BCUT2D eigenvalue weighted by molar-refractivity contribution is 5.92. The van der Waals surface area contributed by atoms with Gasteiger partial charge in [0.05, 0.1) is 6.42 Å². The Balaban J connectivity index is 1.62. The standard InChI is InChI=1S/C20H24FN3O/c1-15-13-18(7-8-19(15)24-11-9-23(2)10-12-24)22-20(25)14-16-3-5-17(21)6-4-16/h3-8,13H,9-12,14H2,1-2H3,(H,22,25). The first-order valence-corrected chi connectivity index (χ1v) is 8.60. The van der Waals surface area contributed by atoms with Crippen LogP contribution in [0.1, 0.15) is 11.1 Å². The Bertz CT molecular complexity index is 737. The van der Waals surface area contributed by atoms with Crippen LogP contribution in [0.15, 0.2) is 42.5 Å². The van der Waals surface area contributed by atoms with Gasteiger partial charge in [0, 0.05) is 37.6 Å². The average molecular weight is 341 g/mol. The maximum Gasteiger partial charge on any atom is 0.228 e. The average Bonchev–Trinajstić information content (AvgIpc) is 2.58. The van der Waals surface area contributed by atoms with E-state index in [-0.39, 0.29) is 18.1 Å². The van der Waals surface area contributed by atoms with E-state index in [9.17, 15) is 9.18 Å². The summed E-state index contributed by atoms with van der Waals surface area (Å²) in [5.74, 6) is -0.391. The zero-order chi connectivity index (χ0) is 17.8. The lowest BCUT2D eigenvalue weighted by Gasteiger charge is -2.35. The minimum atomic E-state index is -0.292. The summed E-state index contributed by atoms with van der Waals surface area (Å²) in [6.45, 7) is 6.25. The first kappa shape index (κ1) is 17.4. The normalized spacial score (nSPS) is 15.2. The number of nitrogens with one attached hydrogen (secondary N) is 1. The van der Waals surface area contributed by atoms with Crippen LogP contribution < -0.4 is 10.2 Å². The number of carbonyl (C=O) groups excluding carboxylic acids is 1. The van der Waals surface area contributed by atoms with Gasteiger partial charge in [0.2, 0.25) is 5.91 Å². The third kappa shape index (κ3) is 4.57. The Hall–Kier alpha value is -2.40. The number of hydrogen-bond donors (Lipinski definition) is 1. The number of hydrogen-bond acceptors (Lipinski definition) is 3. The third-order valence-corrected chi connectivity index (χ3v) is 4.60. The molecule has 0 radical (unpaired) electrons. The first-order valence-electron chi connectivity index (χ1n) is 8.60. The van der Waals surface area contributed by atoms with Gasteiger partial charge in [-0.15, -0.1) is 0 Å². The predicted molar refractivity (Wildman–Crippen MR) is 99.6 cm³/mol. The van der Waals surface area contributed by atoms with Gasteiger partial charge in [-0.3, -0.25) is 4.79 Å². The zero-order valence-electron chi connectivity index (χ0n) is 14.8. The molecule has 2 aromatic rings. The molecule has 5 heteroatoms. The van der Waals surface area contributed by atoms with Gasteiger partial charge in [0.15, 0.2) is 0 Å². The molecule has 0 unspecified atom stereocenters. The van der Waals surface area contributed by atoms with Crippen LogP contribution in [-0.4, -0.2) is 44.0 Å². The lowest BCUT2D eigenvalue weighted by Crippen LogP contribution is -2.44. The Morgan fingerprint density at radius 1 is 1.08 bits per heavy atom. The fourth-order valence-corrected chi connectivity index (χ4v) is 3.13. The molecule has 25 heavy (non-hydrogen) atoms. The van der Waals surface area contributed by atoms with Crippen molar-refractivity contribution in [2.45, 2.75) is 13.3 Å². The second-order valence-electron chi connectivity index (χ2n) is 6.64. The van der Waals surface area contributed by atoms with Crippen LogP contribution in [0.2, 0.25) is 0 Å². The summed E-state index contributed by atoms with van der Waals surface area (Å²) in [6, 6.07) is 12.1. The number of carbonyl (C=O) groups is 1. The van der Waals surface area contributed by atoms with Crippen molar-refractivity contribution in [3.05, 3.63) is 59.4 Å². The van der Waals surface area contributed by atoms with Gasteiger partial charge in [-0.1, -0.05) is 12.1 Å². The van der Waals surface area contributed by atoms with E-state index in [1.54, 1.807) is 12.1 Å². The van der Waals surface area contributed by atoms with Gasteiger partial charge in [0.25, 0.3) is 0 Å². The molecular formula is C20H24FN3O. The van der Waals surface area contributed by atoms with E-state index in [1.807, 2.05) is 12.1 Å². The van der Waals surface area contributed by atoms with Crippen molar-refractivity contribution in [1.29, 1.82) is 0 Å². The summed E-state index contributed by atoms with van der Waals surface area (Å²) in [6.07, 6.45) is 0.236. The molecule has 1 N–H and O–H groups in total. The number of amides is 1. The lowest BCUT2D eigenvalue weighted by molar-refractivity contribution is -0.115. The Morgan fingerprint density at radius 2 is 1.76 bits per heavy atom. The molecule has 4 nitrogen and oxygen atoms in total. The van der Waals surface area contributed by atoms with E-state index in [0.717, 1.165) is 43.0 Å². The second-order valence-corrected chi connectivity index (χ2v) is 6.64. The fourth-order valence-electron chi connectivity index (χ4n) is 3.13. The summed E-state index contributed by atoms with van der Waals surface area (Å²) in [5, 5.41) is 2.92. The predicted octanol–water partition coefficient (Wildman–Crippen LogP) is 3.07. The molecule has 0 aromatic heterocycles. The number of anilines is 2. The maximum atomic E-state index is 12.9. The number of halogens is 1. The highest BCUT2D eigenvalue weighted by Crippen LogP contribution is 2.24. The van der Waals surface area contributed by atoms with Crippen LogP contribution in [0.3, 0.4) is 0 Å². The first-order chi connectivity index (χ1) is 12.0. The van der Waals surface area contributed by atoms with Crippen molar-refractivity contribution < 1.29 is 9.18 Å². The highest BCUT2D eigenvalue weighted by Gasteiger charge is 2.16. The Labute approximate surface area is 148 Å². The molecule has 0 aliphatic carbocycles. The maximum absolute atomic E-state index is 12.9. The molecule has 0 atom stereocenters. The number of piperazine rings is 1. The van der Waals surface area contributed by atoms with E-state index in [4.69, 9.17) is 0 Å². The van der Waals surface area contributed by atoms with Crippen molar-refractivity contribution in [2.75, 3.05) is 43.4 Å². The van der Waals surface area contributed by atoms with Gasteiger partial charge in [-0.05, 0) is 55.4 Å². The smallest absolute Gasteiger partial charge is 0.228 e. The molecule has 2 aromatic carbocycles. The minimum Gasteiger partial charge on any atom is -0.369 e. The third-order valence-electron chi connectivity index (χ3n) is 4.60. The van der Waals surface area contributed by atoms with Gasteiger partial charge in [0.1, 0.15) is 5.82 Å². The van der Waals surface area contributed by atoms with Crippen LogP contribution in [0.4, 0.5) is 15.8 Å². The van der Waals surface area contributed by atoms with Crippen molar-refractivity contribution in [2.24, 2.45) is 0 Å². The lowest BCUT2D eigenvalue weighted by atomic mass is 10.1. The Kier molecular flexibility index (Phi) is 5.34. The number of likely N-dealkylation sites (N-methyl/N-ethyl adjacent to an activating group) is 1. The van der Waals surface area contributed by atoms with Crippen molar-refractivity contribution in [3.63, 3.8) is 0 Å². The minimum absolute atomic E-state index is 0.0987. The molecule has 3 rings (SSSR count). The van der Waals surface area contributed by atoms with Crippen molar-refractivity contribution in [3.8, 4) is 0 Å². The molecule has 1 aliphatic heterocycles. The quantitative estimate of drug-likeness (QED) is 0.928. The monoisotopic (exact) mass is 341 g/mol.